The predicted octanol–water partition coefficient (Wildman–Crippen LogP) is 6.03. The van der Waals surface area contributed by atoms with E-state index in [4.69, 9.17) is 4.74 Å². The largest absolute Gasteiger partial charge is 0.433 e. The van der Waals surface area contributed by atoms with Gasteiger partial charge in [0.15, 0.2) is 5.78 Å². The fourth-order valence-electron chi connectivity index (χ4n) is 9.84. The van der Waals surface area contributed by atoms with Crippen LogP contribution in [0.1, 0.15) is 78.6 Å². The third-order valence-corrected chi connectivity index (χ3v) is 11.4. The van der Waals surface area contributed by atoms with E-state index in [0.717, 1.165) is 58.0 Å². The van der Waals surface area contributed by atoms with Crippen LogP contribution in [-0.2, 0) is 16.1 Å². The highest BCUT2D eigenvalue weighted by molar-refractivity contribution is 5.82. The molecule has 0 spiro atoms. The molecule has 1 aromatic heterocycles. The fraction of sp³-hybridized carbons (Fsp3) is 0.774. The van der Waals surface area contributed by atoms with Crippen LogP contribution in [0.4, 0.5) is 8.78 Å². The molecule has 9 heteroatoms. The van der Waals surface area contributed by atoms with Crippen molar-refractivity contribution in [3.05, 3.63) is 18.2 Å². The van der Waals surface area contributed by atoms with Crippen LogP contribution in [-0.4, -0.2) is 51.3 Å². The van der Waals surface area contributed by atoms with E-state index in [2.05, 4.69) is 21.9 Å². The number of carbonyl (C=O) groups excluding carboxylic acids is 1. The van der Waals surface area contributed by atoms with E-state index in [0.29, 0.717) is 41.6 Å². The maximum atomic E-state index is 13.8. The Bertz CT molecular complexity index is 1270. The van der Waals surface area contributed by atoms with Crippen LogP contribution in [0.25, 0.3) is 11.0 Å². The number of hydrogen-bond donors (Lipinski definition) is 1. The molecule has 40 heavy (non-hydrogen) atoms. The normalized spacial score (nSPS) is 39.4. The van der Waals surface area contributed by atoms with E-state index in [1.165, 1.54) is 23.4 Å². The molecule has 0 radical (unpaired) electrons. The number of ether oxygens (including phenoxy) is 2. The minimum atomic E-state index is -3.29. The molecule has 0 saturated heterocycles. The van der Waals surface area contributed by atoms with Crippen LogP contribution in [0.3, 0.4) is 0 Å². The van der Waals surface area contributed by atoms with Crippen molar-refractivity contribution >= 4 is 16.8 Å². The van der Waals surface area contributed by atoms with Gasteiger partial charge in [-0.15, -0.1) is 0 Å². The first kappa shape index (κ1) is 28.0. The molecule has 0 amide bonds. The van der Waals surface area contributed by atoms with Gasteiger partial charge in [0.25, 0.3) is 0 Å². The first-order chi connectivity index (χ1) is 18.8. The Balaban J connectivity index is 1.19. The topological polar surface area (TPSA) is 86.5 Å². The number of methoxy groups -OCH3 is 1. The Morgan fingerprint density at radius 1 is 1.07 bits per heavy atom. The van der Waals surface area contributed by atoms with Crippen LogP contribution in [0.15, 0.2) is 18.2 Å². The lowest BCUT2D eigenvalue weighted by molar-refractivity contribution is -0.175. The Labute approximate surface area is 235 Å². The maximum absolute atomic E-state index is 13.8. The summed E-state index contributed by atoms with van der Waals surface area (Å²) in [6.45, 7) is 5.88. The molecule has 4 saturated carbocycles. The molecule has 220 valence electrons. The second kappa shape index (κ2) is 9.72. The zero-order chi connectivity index (χ0) is 28.5. The van der Waals surface area contributed by atoms with Gasteiger partial charge in [-0.1, -0.05) is 6.92 Å². The van der Waals surface area contributed by atoms with E-state index in [9.17, 15) is 18.7 Å². The third-order valence-electron chi connectivity index (χ3n) is 11.4. The molecule has 0 aliphatic heterocycles. The summed E-state index contributed by atoms with van der Waals surface area (Å²) >= 11 is 0. The smallest absolute Gasteiger partial charge is 0.394 e. The Hall–Kier alpha value is -2.13. The number of halogens is 2. The molecule has 8 atom stereocenters. The Morgan fingerprint density at radius 3 is 2.60 bits per heavy atom. The average Bonchev–Trinajstić information content (AvgIpc) is 3.42. The summed E-state index contributed by atoms with van der Waals surface area (Å²) in [5, 5.41) is 19.7. The minimum absolute atomic E-state index is 0.0174. The number of benzene rings is 1. The van der Waals surface area contributed by atoms with Gasteiger partial charge in [-0.25, -0.2) is 0 Å². The van der Waals surface area contributed by atoms with Gasteiger partial charge in [0.05, 0.1) is 12.2 Å². The number of ketones is 1. The molecule has 4 aliphatic rings. The minimum Gasteiger partial charge on any atom is -0.433 e. The number of nitrogens with zero attached hydrogens (tertiary/aromatic N) is 3. The summed E-state index contributed by atoms with van der Waals surface area (Å²) in [6.07, 6.45) is 5.84. The number of aliphatic hydroxyl groups is 1. The van der Waals surface area contributed by atoms with E-state index < -0.39 is 11.7 Å². The number of alkyl halides is 2. The predicted molar refractivity (Wildman–Crippen MR) is 146 cm³/mol. The summed E-state index contributed by atoms with van der Waals surface area (Å²) < 4.78 is 37.1. The number of aromatic nitrogens is 3. The van der Waals surface area contributed by atoms with E-state index in [-0.39, 0.29) is 34.8 Å². The van der Waals surface area contributed by atoms with Gasteiger partial charge < -0.3 is 14.6 Å². The van der Waals surface area contributed by atoms with Crippen molar-refractivity contribution in [2.75, 3.05) is 13.7 Å². The van der Waals surface area contributed by atoms with Crippen LogP contribution in [0.2, 0.25) is 0 Å². The van der Waals surface area contributed by atoms with Crippen molar-refractivity contribution in [2.45, 2.75) is 96.8 Å². The molecule has 4 aliphatic carbocycles. The lowest BCUT2D eigenvalue weighted by Crippen LogP contribution is -2.58. The Morgan fingerprint density at radius 2 is 1.85 bits per heavy atom. The summed E-state index contributed by atoms with van der Waals surface area (Å²) in [6, 6.07) is 4.47. The second-order valence-corrected chi connectivity index (χ2v) is 13.9. The van der Waals surface area contributed by atoms with Crippen LogP contribution >= 0.6 is 0 Å². The highest BCUT2D eigenvalue weighted by atomic mass is 19.3. The molecule has 1 N–H and O–H groups in total. The number of hydrogen-bond acceptors (Lipinski definition) is 6. The van der Waals surface area contributed by atoms with Gasteiger partial charge in [0, 0.05) is 26.0 Å². The van der Waals surface area contributed by atoms with Gasteiger partial charge in [0.1, 0.15) is 23.3 Å². The third kappa shape index (κ3) is 4.75. The van der Waals surface area contributed by atoms with Crippen LogP contribution in [0, 0.1) is 40.4 Å². The standard InChI is InChI=1S/C31H43F2N3O4/c1-28(38)13-14-31(18-39-4)19(16-28)5-7-21-22-8-9-24(29(22,2)12-11-23(21)31)27(37)17-36-34-25-10-6-20(15-26(25)35-36)40-30(3,32)33/h6,10,15,19,21-24,38H,5,7-9,11-14,16-18H2,1-4H3/t19-,21-,22-,23-,24+,28+,29-,31+/m0/s1. The van der Waals surface area contributed by atoms with Crippen molar-refractivity contribution < 1.29 is 28.2 Å². The lowest BCUT2D eigenvalue weighted by Gasteiger charge is -2.62. The SMILES string of the molecule is COC[C@]12CC[C@@](C)(O)C[C@@H]1CC[C@H]1[C@@H]3CC[C@H](C(=O)Cn4nc5ccc(OC(C)(F)F)cc5n4)[C@@]3(C)CC[C@@H]12. The fourth-order valence-corrected chi connectivity index (χ4v) is 9.84. The van der Waals surface area contributed by atoms with Gasteiger partial charge in [-0.05, 0) is 111 Å². The van der Waals surface area contributed by atoms with Crippen molar-refractivity contribution in [3.63, 3.8) is 0 Å². The van der Waals surface area contributed by atoms with Crippen molar-refractivity contribution in [3.8, 4) is 5.75 Å². The maximum Gasteiger partial charge on any atom is 0.394 e. The molecule has 0 bridgehead atoms. The molecule has 7 nitrogen and oxygen atoms in total. The second-order valence-electron chi connectivity index (χ2n) is 13.9. The summed E-state index contributed by atoms with van der Waals surface area (Å²) in [4.78, 5) is 15.2. The zero-order valence-corrected chi connectivity index (χ0v) is 24.2. The number of rotatable bonds is 7. The molecular weight excluding hydrogens is 516 g/mol. The molecular formula is C31H43F2N3O4. The average molecular weight is 560 g/mol. The molecule has 1 heterocycles. The van der Waals surface area contributed by atoms with Gasteiger partial charge in [-0.3, -0.25) is 4.79 Å². The van der Waals surface area contributed by atoms with Gasteiger partial charge in [-0.2, -0.15) is 23.8 Å². The van der Waals surface area contributed by atoms with Gasteiger partial charge in [0.2, 0.25) is 0 Å². The quantitative estimate of drug-likeness (QED) is 0.446. The first-order valence-corrected chi connectivity index (χ1v) is 15.0. The van der Waals surface area contributed by atoms with Crippen molar-refractivity contribution in [1.82, 2.24) is 15.0 Å². The number of carbonyl (C=O) groups is 1. The summed E-state index contributed by atoms with van der Waals surface area (Å²) in [5.41, 5.74) is 0.482. The molecule has 1 aromatic carbocycles. The highest BCUT2D eigenvalue weighted by Gasteiger charge is 2.63. The summed E-state index contributed by atoms with van der Waals surface area (Å²) in [5.74, 6) is 2.32. The van der Waals surface area contributed by atoms with Crippen LogP contribution in [0.5, 0.6) is 5.75 Å². The van der Waals surface area contributed by atoms with E-state index in [1.54, 1.807) is 6.07 Å². The first-order valence-electron chi connectivity index (χ1n) is 15.0. The summed E-state index contributed by atoms with van der Waals surface area (Å²) in [7, 11) is 1.82. The molecule has 0 unspecified atom stereocenters. The number of fused-ring (bicyclic) bond motifs is 6. The van der Waals surface area contributed by atoms with Crippen LogP contribution < -0.4 is 4.74 Å². The van der Waals surface area contributed by atoms with Crippen molar-refractivity contribution in [2.24, 2.45) is 40.4 Å². The highest BCUT2D eigenvalue weighted by Crippen LogP contribution is 2.68. The molecule has 6 rings (SSSR count). The van der Waals surface area contributed by atoms with Crippen molar-refractivity contribution in [1.29, 1.82) is 0 Å². The Kier molecular flexibility index (Phi) is 6.81. The monoisotopic (exact) mass is 559 g/mol. The van der Waals surface area contributed by atoms with E-state index >= 15 is 0 Å². The number of Topliss-reactive ketones (excluding diaryl/α,β-unsaturated/α-hetero) is 1. The van der Waals surface area contributed by atoms with Gasteiger partial charge >= 0.3 is 6.11 Å². The molecule has 4 fully saturated rings. The van der Waals surface area contributed by atoms with E-state index in [1.807, 2.05) is 14.0 Å². The zero-order valence-electron chi connectivity index (χ0n) is 24.2. The lowest BCUT2D eigenvalue weighted by atomic mass is 9.43. The molecule has 2 aromatic rings.